The second-order valence-electron chi connectivity index (χ2n) is 23.0. The first-order valence-electron chi connectivity index (χ1n) is 34.6. The molecule has 1 unspecified atom stereocenters. The maximum atomic E-state index is 12.9. The summed E-state index contributed by atoms with van der Waals surface area (Å²) < 4.78 is 16.9. The first kappa shape index (κ1) is 76.6. The fraction of sp³-hybridized carbons (Fsp3) is 0.770. The number of esters is 3. The molecule has 0 fully saturated rings. The number of carbonyl (C=O) groups excluding carboxylic acids is 3. The summed E-state index contributed by atoms with van der Waals surface area (Å²) in [6.45, 7) is 6.45. The van der Waals surface area contributed by atoms with Gasteiger partial charge in [-0.2, -0.15) is 0 Å². The summed E-state index contributed by atoms with van der Waals surface area (Å²) in [6.07, 6.45) is 90.5. The summed E-state index contributed by atoms with van der Waals surface area (Å²) in [5, 5.41) is 0. The third-order valence-corrected chi connectivity index (χ3v) is 15.1. The van der Waals surface area contributed by atoms with E-state index in [-0.39, 0.29) is 31.1 Å². The number of unbranched alkanes of at least 4 members (excludes halogenated alkanes) is 38. The van der Waals surface area contributed by atoms with Crippen LogP contribution in [0, 0.1) is 0 Å². The highest BCUT2D eigenvalue weighted by molar-refractivity contribution is 5.71. The molecule has 0 aromatic carbocycles. The van der Waals surface area contributed by atoms with Crippen molar-refractivity contribution in [1.29, 1.82) is 0 Å². The van der Waals surface area contributed by atoms with Crippen molar-refractivity contribution in [3.63, 3.8) is 0 Å². The highest BCUT2D eigenvalue weighted by atomic mass is 16.6. The Morgan fingerprint density at radius 3 is 0.762 bits per heavy atom. The van der Waals surface area contributed by atoms with Gasteiger partial charge in [-0.15, -0.1) is 0 Å². The number of hydrogen-bond acceptors (Lipinski definition) is 6. The number of hydrogen-bond donors (Lipinski definition) is 0. The van der Waals surface area contributed by atoms with Crippen molar-refractivity contribution < 1.29 is 28.6 Å². The average molecular weight is 1120 g/mol. The molecule has 0 N–H and O–H groups in total. The third-order valence-electron chi connectivity index (χ3n) is 15.1. The lowest BCUT2D eigenvalue weighted by molar-refractivity contribution is -0.167. The van der Waals surface area contributed by atoms with Crippen molar-refractivity contribution in [2.45, 2.75) is 354 Å². The summed E-state index contributed by atoms with van der Waals surface area (Å²) in [6, 6.07) is 0. The minimum Gasteiger partial charge on any atom is -0.462 e. The topological polar surface area (TPSA) is 78.9 Å². The Morgan fingerprint density at radius 1 is 0.263 bits per heavy atom. The normalized spacial score (nSPS) is 12.6. The molecule has 0 saturated heterocycles. The molecule has 80 heavy (non-hydrogen) atoms. The van der Waals surface area contributed by atoms with Crippen molar-refractivity contribution >= 4 is 17.9 Å². The summed E-state index contributed by atoms with van der Waals surface area (Å²) in [5.41, 5.74) is 0. The highest BCUT2D eigenvalue weighted by Crippen LogP contribution is 2.18. The molecule has 0 bridgehead atoms. The molecule has 0 radical (unpaired) electrons. The van der Waals surface area contributed by atoms with Gasteiger partial charge < -0.3 is 14.2 Å². The average Bonchev–Trinajstić information content (AvgIpc) is 3.46. The van der Waals surface area contributed by atoms with Crippen LogP contribution < -0.4 is 0 Å². The molecule has 6 heteroatoms. The first-order valence-corrected chi connectivity index (χ1v) is 34.6. The number of carbonyl (C=O) groups is 3. The van der Waals surface area contributed by atoms with Crippen LogP contribution in [0.2, 0.25) is 0 Å². The van der Waals surface area contributed by atoms with E-state index < -0.39 is 6.10 Å². The first-order chi connectivity index (χ1) is 39.5. The van der Waals surface area contributed by atoms with Gasteiger partial charge in [-0.05, 0) is 89.9 Å². The zero-order chi connectivity index (χ0) is 57.8. The third kappa shape index (κ3) is 65.4. The summed E-state index contributed by atoms with van der Waals surface area (Å²) in [5.74, 6) is -0.866. The van der Waals surface area contributed by atoms with E-state index in [0.29, 0.717) is 19.3 Å². The van der Waals surface area contributed by atoms with Crippen molar-refractivity contribution in [3.8, 4) is 0 Å². The van der Waals surface area contributed by atoms with Crippen LogP contribution in [-0.2, 0) is 28.6 Å². The predicted octanol–water partition coefficient (Wildman–Crippen LogP) is 23.8. The Bertz CT molecular complexity index is 1520. The molecule has 0 heterocycles. The predicted molar refractivity (Wildman–Crippen MR) is 348 cm³/mol. The lowest BCUT2D eigenvalue weighted by atomic mass is 10.0. The molecule has 0 aromatic rings. The molecule has 0 aliphatic carbocycles. The van der Waals surface area contributed by atoms with Crippen molar-refractivity contribution in [2.24, 2.45) is 0 Å². The number of allylic oxidation sites excluding steroid dienone is 14. The molecule has 0 amide bonds. The molecule has 462 valence electrons. The van der Waals surface area contributed by atoms with Gasteiger partial charge in [0.05, 0.1) is 0 Å². The molecule has 1 atom stereocenters. The molecule has 0 spiro atoms. The van der Waals surface area contributed by atoms with Crippen LogP contribution in [0.3, 0.4) is 0 Å². The van der Waals surface area contributed by atoms with Crippen molar-refractivity contribution in [1.82, 2.24) is 0 Å². The monoisotopic (exact) mass is 1110 g/mol. The van der Waals surface area contributed by atoms with Crippen LogP contribution in [-0.4, -0.2) is 37.2 Å². The fourth-order valence-electron chi connectivity index (χ4n) is 10.0. The SMILES string of the molecule is CC/C=C\C/C=C\C/C=C\C/C=C\CCCCCCCCCCCCCCCCCCCCCCC(=O)OCC(COC(=O)CCCCCCCCCCCCCC)OC(=O)CCCCCCCCC/C=C\C/C=C\C/C=C\CC. The van der Waals surface area contributed by atoms with E-state index in [4.69, 9.17) is 14.2 Å². The van der Waals surface area contributed by atoms with Crippen LogP contribution in [0.15, 0.2) is 85.1 Å². The quantitative estimate of drug-likeness (QED) is 0.0261. The zero-order valence-electron chi connectivity index (χ0n) is 53.1. The van der Waals surface area contributed by atoms with E-state index in [1.165, 1.54) is 199 Å². The molecule has 0 aliphatic heterocycles. The summed E-state index contributed by atoms with van der Waals surface area (Å²) >= 11 is 0. The zero-order valence-corrected chi connectivity index (χ0v) is 53.1. The lowest BCUT2D eigenvalue weighted by Crippen LogP contribution is -2.30. The minimum atomic E-state index is -0.779. The van der Waals surface area contributed by atoms with Gasteiger partial charge in [0, 0.05) is 19.3 Å². The van der Waals surface area contributed by atoms with Crippen molar-refractivity contribution in [2.75, 3.05) is 13.2 Å². The smallest absolute Gasteiger partial charge is 0.306 e. The molecule has 6 nitrogen and oxygen atoms in total. The largest absolute Gasteiger partial charge is 0.462 e. The fourth-order valence-corrected chi connectivity index (χ4v) is 10.0. The van der Waals surface area contributed by atoms with Gasteiger partial charge in [-0.3, -0.25) is 14.4 Å². The molecule has 0 saturated carbocycles. The molecule has 0 aliphatic rings. The van der Waals surface area contributed by atoms with Gasteiger partial charge in [-0.25, -0.2) is 0 Å². The molecular formula is C74H130O6. The summed E-state index contributed by atoms with van der Waals surface area (Å²) in [4.78, 5) is 38.3. The Balaban J connectivity index is 4.13. The second-order valence-corrected chi connectivity index (χ2v) is 23.0. The maximum absolute atomic E-state index is 12.9. The van der Waals surface area contributed by atoms with E-state index in [1.54, 1.807) is 0 Å². The standard InChI is InChI=1S/C74H130O6/c1-4-7-10-13-16-19-22-25-27-29-30-31-32-33-34-35-36-37-38-39-40-41-42-43-44-46-47-49-52-55-58-61-64-67-73(76)79-70-71(69-78-72(75)66-63-60-57-54-51-24-21-18-15-12-9-6-3)80-74(77)68-65-62-59-56-53-50-48-45-28-26-23-20-17-14-11-8-5-2/h7-8,10-11,16-17,19-20,25-28,30-31,71H,4-6,9,12-15,18,21-24,29,32-70H2,1-3H3/b10-7-,11-8-,19-16-,20-17-,27-25-,28-26-,31-30-. The summed E-state index contributed by atoms with van der Waals surface area (Å²) in [7, 11) is 0. The van der Waals surface area contributed by atoms with Crippen LogP contribution in [0.1, 0.15) is 348 Å². The van der Waals surface area contributed by atoms with Gasteiger partial charge in [0.2, 0.25) is 0 Å². The van der Waals surface area contributed by atoms with Crippen molar-refractivity contribution in [3.05, 3.63) is 85.1 Å². The number of rotatable bonds is 63. The van der Waals surface area contributed by atoms with Crippen LogP contribution >= 0.6 is 0 Å². The molecule has 0 rings (SSSR count). The van der Waals surface area contributed by atoms with E-state index in [2.05, 4.69) is 106 Å². The lowest BCUT2D eigenvalue weighted by Gasteiger charge is -2.18. The Morgan fingerprint density at radius 2 is 0.487 bits per heavy atom. The van der Waals surface area contributed by atoms with E-state index in [9.17, 15) is 14.4 Å². The van der Waals surface area contributed by atoms with E-state index >= 15 is 0 Å². The Hall–Kier alpha value is -3.41. The Labute approximate surface area is 496 Å². The maximum Gasteiger partial charge on any atom is 0.306 e. The van der Waals surface area contributed by atoms with Gasteiger partial charge in [-0.1, -0.05) is 324 Å². The molecular weight excluding hydrogens is 985 g/mol. The van der Waals surface area contributed by atoms with Gasteiger partial charge in [0.1, 0.15) is 13.2 Å². The van der Waals surface area contributed by atoms with Gasteiger partial charge in [0.25, 0.3) is 0 Å². The molecule has 0 aromatic heterocycles. The van der Waals surface area contributed by atoms with E-state index in [0.717, 1.165) is 109 Å². The van der Waals surface area contributed by atoms with Gasteiger partial charge >= 0.3 is 17.9 Å². The second kappa shape index (κ2) is 68.1. The van der Waals surface area contributed by atoms with Gasteiger partial charge in [0.15, 0.2) is 6.10 Å². The minimum absolute atomic E-state index is 0.0749. The van der Waals surface area contributed by atoms with Crippen LogP contribution in [0.5, 0.6) is 0 Å². The number of ether oxygens (including phenoxy) is 3. The van der Waals surface area contributed by atoms with Crippen LogP contribution in [0.25, 0.3) is 0 Å². The van der Waals surface area contributed by atoms with Crippen LogP contribution in [0.4, 0.5) is 0 Å². The highest BCUT2D eigenvalue weighted by Gasteiger charge is 2.19. The van der Waals surface area contributed by atoms with E-state index in [1.807, 2.05) is 0 Å². The Kier molecular flexibility index (Phi) is 65.2.